The molecule has 0 aliphatic rings. The van der Waals surface area contributed by atoms with Crippen molar-refractivity contribution in [2.24, 2.45) is 0 Å². The molecule has 0 heterocycles. The van der Waals surface area contributed by atoms with Gasteiger partial charge in [0.15, 0.2) is 6.61 Å². The molecule has 102 valence electrons. The highest BCUT2D eigenvalue weighted by Crippen LogP contribution is 2.24. The van der Waals surface area contributed by atoms with Gasteiger partial charge in [-0.2, -0.15) is 5.26 Å². The van der Waals surface area contributed by atoms with Gasteiger partial charge in [0.25, 0.3) is 0 Å². The van der Waals surface area contributed by atoms with E-state index in [-0.39, 0.29) is 6.61 Å². The molecule has 0 aromatic heterocycles. The quantitative estimate of drug-likeness (QED) is 0.756. The zero-order valence-corrected chi connectivity index (χ0v) is 13.5. The highest BCUT2D eigenvalue weighted by Gasteiger charge is 2.01. The zero-order valence-electron chi connectivity index (χ0n) is 10.6. The van der Waals surface area contributed by atoms with Gasteiger partial charge in [0.2, 0.25) is 0 Å². The molecule has 0 bridgehead atoms. The minimum Gasteiger partial charge on any atom is -0.479 e. The van der Waals surface area contributed by atoms with Crippen LogP contribution in [0.5, 0.6) is 5.75 Å². The number of hydrogen-bond acceptors (Lipinski definition) is 3. The molecule has 2 rings (SSSR count). The number of ether oxygens (including phenoxy) is 1. The SMILES string of the molecule is N#CCOc1ccc(CNc2ccc(I)cc2Cl)cc1. The number of nitriles is 1. The number of rotatable bonds is 5. The van der Waals surface area contributed by atoms with Crippen LogP contribution in [0.4, 0.5) is 5.69 Å². The van der Waals surface area contributed by atoms with Gasteiger partial charge in [0.05, 0.1) is 10.7 Å². The molecule has 5 heteroatoms. The standard InChI is InChI=1S/C15H12ClIN2O/c16-14-9-12(17)3-6-15(14)19-10-11-1-4-13(5-2-11)20-8-7-18/h1-6,9,19H,8,10H2. The van der Waals surface area contributed by atoms with Crippen LogP contribution in [0.25, 0.3) is 0 Å². The fourth-order valence-corrected chi connectivity index (χ4v) is 2.57. The summed E-state index contributed by atoms with van der Waals surface area (Å²) in [6.07, 6.45) is 0. The van der Waals surface area contributed by atoms with Crippen molar-refractivity contribution in [3.8, 4) is 11.8 Å². The van der Waals surface area contributed by atoms with E-state index in [0.717, 1.165) is 14.8 Å². The first-order valence-corrected chi connectivity index (χ1v) is 7.42. The van der Waals surface area contributed by atoms with E-state index in [1.807, 2.05) is 48.5 Å². The topological polar surface area (TPSA) is 45.0 Å². The highest BCUT2D eigenvalue weighted by molar-refractivity contribution is 14.1. The summed E-state index contributed by atoms with van der Waals surface area (Å²) in [6.45, 7) is 0.745. The Bertz CT molecular complexity index is 623. The molecular formula is C15H12ClIN2O. The number of halogens is 2. The van der Waals surface area contributed by atoms with Gasteiger partial charge in [-0.1, -0.05) is 23.7 Å². The van der Waals surface area contributed by atoms with Crippen molar-refractivity contribution >= 4 is 39.9 Å². The van der Waals surface area contributed by atoms with Crippen LogP contribution in [-0.4, -0.2) is 6.61 Å². The average Bonchev–Trinajstić information content (AvgIpc) is 2.45. The summed E-state index contributed by atoms with van der Waals surface area (Å²) >= 11 is 8.39. The normalized spacial score (nSPS) is 9.85. The predicted octanol–water partition coefficient (Wildman–Crippen LogP) is 4.46. The zero-order chi connectivity index (χ0) is 14.4. The lowest BCUT2D eigenvalue weighted by Gasteiger charge is -2.09. The lowest BCUT2D eigenvalue weighted by Crippen LogP contribution is -2.00. The Kier molecular flexibility index (Phi) is 5.50. The molecular weight excluding hydrogens is 387 g/mol. The Balaban J connectivity index is 1.95. The molecule has 0 atom stereocenters. The van der Waals surface area contributed by atoms with Crippen LogP contribution < -0.4 is 10.1 Å². The Morgan fingerprint density at radius 1 is 1.20 bits per heavy atom. The van der Waals surface area contributed by atoms with Gasteiger partial charge in [-0.25, -0.2) is 0 Å². The smallest absolute Gasteiger partial charge is 0.174 e. The lowest BCUT2D eigenvalue weighted by atomic mass is 10.2. The molecule has 1 N–H and O–H groups in total. The van der Waals surface area contributed by atoms with Gasteiger partial charge < -0.3 is 10.1 Å². The summed E-state index contributed by atoms with van der Waals surface area (Å²) in [5.74, 6) is 0.697. The van der Waals surface area contributed by atoms with Gasteiger partial charge in [-0.05, 0) is 58.5 Å². The molecule has 0 aliphatic carbocycles. The maximum Gasteiger partial charge on any atom is 0.174 e. The Morgan fingerprint density at radius 2 is 1.95 bits per heavy atom. The van der Waals surface area contributed by atoms with E-state index in [9.17, 15) is 0 Å². The third kappa shape index (κ3) is 4.29. The Labute approximate surface area is 136 Å². The van der Waals surface area contributed by atoms with Crippen molar-refractivity contribution < 1.29 is 4.74 Å². The molecule has 0 amide bonds. The van der Waals surface area contributed by atoms with Crippen molar-refractivity contribution in [1.82, 2.24) is 0 Å². The second-order valence-corrected chi connectivity index (χ2v) is 5.72. The van der Waals surface area contributed by atoms with Crippen LogP contribution in [0, 0.1) is 14.9 Å². The predicted molar refractivity (Wildman–Crippen MR) is 89.0 cm³/mol. The molecule has 0 saturated carbocycles. The molecule has 0 unspecified atom stereocenters. The third-order valence-corrected chi connectivity index (χ3v) is 3.62. The summed E-state index contributed by atoms with van der Waals surface area (Å²) in [5.41, 5.74) is 2.03. The van der Waals surface area contributed by atoms with Crippen LogP contribution in [0.3, 0.4) is 0 Å². The minimum atomic E-state index is 0.0653. The molecule has 2 aromatic rings. The van der Waals surface area contributed by atoms with E-state index in [1.54, 1.807) is 0 Å². The van der Waals surface area contributed by atoms with Crippen LogP contribution in [0.15, 0.2) is 42.5 Å². The van der Waals surface area contributed by atoms with Crippen LogP contribution in [0.2, 0.25) is 5.02 Å². The van der Waals surface area contributed by atoms with E-state index >= 15 is 0 Å². The molecule has 20 heavy (non-hydrogen) atoms. The number of nitrogens with one attached hydrogen (secondary N) is 1. The lowest BCUT2D eigenvalue weighted by molar-refractivity contribution is 0.368. The molecule has 2 aromatic carbocycles. The highest BCUT2D eigenvalue weighted by atomic mass is 127. The van der Waals surface area contributed by atoms with Crippen molar-refractivity contribution in [2.75, 3.05) is 11.9 Å². The van der Waals surface area contributed by atoms with Crippen molar-refractivity contribution in [3.05, 3.63) is 56.6 Å². The van der Waals surface area contributed by atoms with Gasteiger partial charge in [0.1, 0.15) is 11.8 Å². The summed E-state index contributed by atoms with van der Waals surface area (Å²) in [4.78, 5) is 0. The average molecular weight is 399 g/mol. The number of nitrogens with zero attached hydrogens (tertiary/aromatic N) is 1. The fraction of sp³-hybridized carbons (Fsp3) is 0.133. The molecule has 0 radical (unpaired) electrons. The maximum atomic E-state index is 8.44. The van der Waals surface area contributed by atoms with Crippen LogP contribution in [-0.2, 0) is 6.54 Å². The molecule has 3 nitrogen and oxygen atoms in total. The minimum absolute atomic E-state index is 0.0653. The van der Waals surface area contributed by atoms with E-state index in [0.29, 0.717) is 17.3 Å². The summed E-state index contributed by atoms with van der Waals surface area (Å²) < 4.78 is 6.31. The van der Waals surface area contributed by atoms with Crippen molar-refractivity contribution in [2.45, 2.75) is 6.54 Å². The number of hydrogen-bond donors (Lipinski definition) is 1. The van der Waals surface area contributed by atoms with Crippen LogP contribution >= 0.6 is 34.2 Å². The number of anilines is 1. The maximum absolute atomic E-state index is 8.44. The summed E-state index contributed by atoms with van der Waals surface area (Å²) in [5, 5.41) is 12.4. The first-order chi connectivity index (χ1) is 9.69. The van der Waals surface area contributed by atoms with Gasteiger partial charge in [0, 0.05) is 10.1 Å². The molecule has 0 fully saturated rings. The first kappa shape index (κ1) is 14.9. The van der Waals surface area contributed by atoms with Gasteiger partial charge in [-0.3, -0.25) is 0 Å². The fourth-order valence-electron chi connectivity index (χ4n) is 1.65. The summed E-state index contributed by atoms with van der Waals surface area (Å²) in [6, 6.07) is 15.5. The summed E-state index contributed by atoms with van der Waals surface area (Å²) in [7, 11) is 0. The molecule has 0 saturated heterocycles. The van der Waals surface area contributed by atoms with E-state index in [1.165, 1.54) is 0 Å². The van der Waals surface area contributed by atoms with Crippen molar-refractivity contribution in [1.29, 1.82) is 5.26 Å². The van der Waals surface area contributed by atoms with Gasteiger partial charge in [-0.15, -0.1) is 0 Å². The van der Waals surface area contributed by atoms with E-state index < -0.39 is 0 Å². The second kappa shape index (κ2) is 7.36. The molecule has 0 aliphatic heterocycles. The Hall–Kier alpha value is -1.45. The van der Waals surface area contributed by atoms with Crippen molar-refractivity contribution in [3.63, 3.8) is 0 Å². The number of benzene rings is 2. The monoisotopic (exact) mass is 398 g/mol. The third-order valence-electron chi connectivity index (χ3n) is 2.64. The largest absolute Gasteiger partial charge is 0.479 e. The van der Waals surface area contributed by atoms with E-state index in [2.05, 4.69) is 27.9 Å². The van der Waals surface area contributed by atoms with E-state index in [4.69, 9.17) is 21.6 Å². The molecule has 0 spiro atoms. The second-order valence-electron chi connectivity index (χ2n) is 4.07. The van der Waals surface area contributed by atoms with Gasteiger partial charge >= 0.3 is 0 Å². The van der Waals surface area contributed by atoms with Crippen LogP contribution in [0.1, 0.15) is 5.56 Å². The first-order valence-electron chi connectivity index (χ1n) is 5.96. The Morgan fingerprint density at radius 3 is 2.60 bits per heavy atom.